The fourth-order valence-corrected chi connectivity index (χ4v) is 2.83. The molecule has 0 saturated carbocycles. The number of hydrogen-bond acceptors (Lipinski definition) is 4. The largest absolute Gasteiger partial charge is 0.464 e. The first kappa shape index (κ1) is 23.8. The standard InChI is InChI=1S/C24H27FN2O4/c1-4-31-24(30)21(14-16(2)3)27-23(29)20(15-17-10-12-19(25)13-11-17)26-22(28)18-8-6-5-7-9-18/h5-13,15-16,21H,4,14H2,1-3H3,(H,26,28)(H,27,29)/b20-15-. The van der Waals surface area contributed by atoms with Crippen molar-refractivity contribution in [3.8, 4) is 0 Å². The van der Waals surface area contributed by atoms with Gasteiger partial charge in [0.25, 0.3) is 11.8 Å². The van der Waals surface area contributed by atoms with Crippen LogP contribution in [-0.4, -0.2) is 30.4 Å². The van der Waals surface area contributed by atoms with Crippen LogP contribution in [0.2, 0.25) is 0 Å². The first-order valence-electron chi connectivity index (χ1n) is 10.1. The van der Waals surface area contributed by atoms with Crippen molar-refractivity contribution in [3.63, 3.8) is 0 Å². The molecule has 0 saturated heterocycles. The maximum Gasteiger partial charge on any atom is 0.328 e. The minimum Gasteiger partial charge on any atom is -0.464 e. The highest BCUT2D eigenvalue weighted by molar-refractivity contribution is 6.06. The molecule has 0 aromatic heterocycles. The number of benzene rings is 2. The number of amides is 2. The monoisotopic (exact) mass is 426 g/mol. The maximum atomic E-state index is 13.2. The van der Waals surface area contributed by atoms with Gasteiger partial charge >= 0.3 is 5.97 Å². The fraction of sp³-hybridized carbons (Fsp3) is 0.292. The van der Waals surface area contributed by atoms with Crippen molar-refractivity contribution in [3.05, 3.63) is 77.2 Å². The molecule has 1 unspecified atom stereocenters. The number of ether oxygens (including phenoxy) is 1. The lowest BCUT2D eigenvalue weighted by Gasteiger charge is -2.20. The van der Waals surface area contributed by atoms with Crippen LogP contribution in [0, 0.1) is 11.7 Å². The molecule has 2 amide bonds. The Kier molecular flexibility index (Phi) is 8.94. The van der Waals surface area contributed by atoms with Crippen molar-refractivity contribution in [1.29, 1.82) is 0 Å². The minimum absolute atomic E-state index is 0.0708. The molecule has 2 N–H and O–H groups in total. The van der Waals surface area contributed by atoms with Crippen molar-refractivity contribution in [2.24, 2.45) is 5.92 Å². The molecule has 2 aromatic carbocycles. The molecule has 0 bridgehead atoms. The van der Waals surface area contributed by atoms with Crippen molar-refractivity contribution in [2.75, 3.05) is 6.61 Å². The molecule has 2 aromatic rings. The van der Waals surface area contributed by atoms with Gasteiger partial charge in [-0.05, 0) is 55.2 Å². The van der Waals surface area contributed by atoms with Gasteiger partial charge in [0, 0.05) is 5.56 Å². The number of carbonyl (C=O) groups excluding carboxylic acids is 3. The Bertz CT molecular complexity index is 924. The van der Waals surface area contributed by atoms with E-state index < -0.39 is 29.6 Å². The summed E-state index contributed by atoms with van der Waals surface area (Å²) < 4.78 is 18.3. The van der Waals surface area contributed by atoms with Crippen LogP contribution in [0.3, 0.4) is 0 Å². The molecule has 0 spiro atoms. The van der Waals surface area contributed by atoms with E-state index in [1.807, 2.05) is 13.8 Å². The minimum atomic E-state index is -0.863. The fourth-order valence-electron chi connectivity index (χ4n) is 2.83. The van der Waals surface area contributed by atoms with Crippen molar-refractivity contribution < 1.29 is 23.5 Å². The number of halogens is 1. The summed E-state index contributed by atoms with van der Waals surface area (Å²) in [6.07, 6.45) is 1.80. The summed E-state index contributed by atoms with van der Waals surface area (Å²) in [5.41, 5.74) is 0.805. The lowest BCUT2D eigenvalue weighted by molar-refractivity contribution is -0.147. The quantitative estimate of drug-likeness (QED) is 0.473. The third-order valence-electron chi connectivity index (χ3n) is 4.29. The third-order valence-corrected chi connectivity index (χ3v) is 4.29. The summed E-state index contributed by atoms with van der Waals surface area (Å²) in [6, 6.07) is 13.0. The second kappa shape index (κ2) is 11.6. The summed E-state index contributed by atoms with van der Waals surface area (Å²) in [4.78, 5) is 37.9. The van der Waals surface area contributed by atoms with E-state index in [1.165, 1.54) is 30.3 Å². The van der Waals surface area contributed by atoms with Crippen molar-refractivity contribution in [1.82, 2.24) is 10.6 Å². The zero-order valence-electron chi connectivity index (χ0n) is 17.9. The lowest BCUT2D eigenvalue weighted by atomic mass is 10.0. The molecule has 2 rings (SSSR count). The van der Waals surface area contributed by atoms with E-state index in [1.54, 1.807) is 37.3 Å². The molecule has 164 valence electrons. The van der Waals surface area contributed by atoms with Crippen molar-refractivity contribution >= 4 is 23.9 Å². The Morgan fingerprint density at radius 2 is 1.68 bits per heavy atom. The molecule has 0 aliphatic rings. The zero-order chi connectivity index (χ0) is 22.8. The van der Waals surface area contributed by atoms with Gasteiger partial charge in [-0.3, -0.25) is 9.59 Å². The van der Waals surface area contributed by atoms with E-state index in [0.29, 0.717) is 17.5 Å². The molecule has 31 heavy (non-hydrogen) atoms. The zero-order valence-corrected chi connectivity index (χ0v) is 17.9. The van der Waals surface area contributed by atoms with Gasteiger partial charge in [-0.2, -0.15) is 0 Å². The van der Waals surface area contributed by atoms with E-state index in [2.05, 4.69) is 10.6 Å². The summed E-state index contributed by atoms with van der Waals surface area (Å²) >= 11 is 0. The number of rotatable bonds is 9. The number of carbonyl (C=O) groups is 3. The van der Waals surface area contributed by atoms with E-state index in [0.717, 1.165) is 0 Å². The molecule has 0 fully saturated rings. The predicted molar refractivity (Wildman–Crippen MR) is 116 cm³/mol. The molecule has 0 aliphatic carbocycles. The Morgan fingerprint density at radius 1 is 1.03 bits per heavy atom. The number of esters is 1. The Hall–Kier alpha value is -3.48. The highest BCUT2D eigenvalue weighted by Gasteiger charge is 2.25. The molecule has 7 heteroatoms. The average Bonchev–Trinajstić information content (AvgIpc) is 2.74. The SMILES string of the molecule is CCOC(=O)C(CC(C)C)NC(=O)/C(=C/c1ccc(F)cc1)NC(=O)c1ccccc1. The highest BCUT2D eigenvalue weighted by atomic mass is 19.1. The van der Waals surface area contributed by atoms with E-state index in [4.69, 9.17) is 4.74 Å². The topological polar surface area (TPSA) is 84.5 Å². The van der Waals surface area contributed by atoms with Gasteiger partial charge < -0.3 is 15.4 Å². The van der Waals surface area contributed by atoms with Crippen LogP contribution < -0.4 is 10.6 Å². The van der Waals surface area contributed by atoms with Crippen LogP contribution in [0.1, 0.15) is 43.1 Å². The predicted octanol–water partition coefficient (Wildman–Crippen LogP) is 3.69. The van der Waals surface area contributed by atoms with Gasteiger partial charge in [-0.1, -0.05) is 44.2 Å². The Balaban J connectivity index is 2.31. The summed E-state index contributed by atoms with van der Waals surface area (Å²) in [5, 5.41) is 5.24. The third kappa shape index (κ3) is 7.70. The smallest absolute Gasteiger partial charge is 0.328 e. The summed E-state index contributed by atoms with van der Waals surface area (Å²) in [7, 11) is 0. The molecule has 1 atom stereocenters. The van der Waals surface area contributed by atoms with Crippen molar-refractivity contribution in [2.45, 2.75) is 33.2 Å². The Labute approximate surface area is 181 Å². The molecular weight excluding hydrogens is 399 g/mol. The van der Waals surface area contributed by atoms with Crippen LogP contribution in [0.5, 0.6) is 0 Å². The second-order valence-corrected chi connectivity index (χ2v) is 7.34. The summed E-state index contributed by atoms with van der Waals surface area (Å²) in [6.45, 7) is 5.72. The van der Waals surface area contributed by atoms with Crippen LogP contribution in [-0.2, 0) is 14.3 Å². The van der Waals surface area contributed by atoms with E-state index in [-0.39, 0.29) is 18.2 Å². The van der Waals surface area contributed by atoms with Gasteiger partial charge in [-0.15, -0.1) is 0 Å². The first-order valence-corrected chi connectivity index (χ1v) is 10.1. The van der Waals surface area contributed by atoms with Crippen LogP contribution in [0.15, 0.2) is 60.3 Å². The van der Waals surface area contributed by atoms with Crippen LogP contribution >= 0.6 is 0 Å². The maximum absolute atomic E-state index is 13.2. The van der Waals surface area contributed by atoms with Crippen LogP contribution in [0.4, 0.5) is 4.39 Å². The lowest BCUT2D eigenvalue weighted by Crippen LogP contribution is -2.45. The number of nitrogens with one attached hydrogen (secondary N) is 2. The van der Waals surface area contributed by atoms with Gasteiger partial charge in [-0.25, -0.2) is 9.18 Å². The molecule has 0 heterocycles. The van der Waals surface area contributed by atoms with E-state index >= 15 is 0 Å². The number of hydrogen-bond donors (Lipinski definition) is 2. The molecule has 0 radical (unpaired) electrons. The normalized spacial score (nSPS) is 12.2. The summed E-state index contributed by atoms with van der Waals surface area (Å²) in [5.74, 6) is -1.97. The van der Waals surface area contributed by atoms with Gasteiger partial charge in [0.05, 0.1) is 6.61 Å². The van der Waals surface area contributed by atoms with Crippen LogP contribution in [0.25, 0.3) is 6.08 Å². The molecule has 6 nitrogen and oxygen atoms in total. The van der Waals surface area contributed by atoms with Gasteiger partial charge in [0.1, 0.15) is 17.6 Å². The van der Waals surface area contributed by atoms with Gasteiger partial charge in [0.15, 0.2) is 0 Å². The molecular formula is C24H27FN2O4. The highest BCUT2D eigenvalue weighted by Crippen LogP contribution is 2.11. The second-order valence-electron chi connectivity index (χ2n) is 7.34. The molecule has 0 aliphatic heterocycles. The first-order chi connectivity index (χ1) is 14.8. The van der Waals surface area contributed by atoms with Gasteiger partial charge in [0.2, 0.25) is 0 Å². The Morgan fingerprint density at radius 3 is 2.26 bits per heavy atom. The average molecular weight is 426 g/mol. The van der Waals surface area contributed by atoms with E-state index in [9.17, 15) is 18.8 Å².